The minimum Gasteiger partial charge on any atom is -0.461 e. The number of hydrogen-bond acceptors (Lipinski definition) is 17. The lowest BCUT2D eigenvalue weighted by atomic mass is 9.73. The Labute approximate surface area is 481 Å². The number of fused-ring (bicyclic) bond motifs is 15. The van der Waals surface area contributed by atoms with E-state index in [9.17, 15) is 31.2 Å². The molecule has 15 fully saturated rings. The van der Waals surface area contributed by atoms with Crippen LogP contribution in [0, 0.1) is 97.6 Å². The van der Waals surface area contributed by atoms with Gasteiger partial charge in [-0.15, -0.1) is 0 Å². The zero-order valence-electron chi connectivity index (χ0n) is 48.6. The van der Waals surface area contributed by atoms with Gasteiger partial charge in [-0.2, -0.15) is 16.8 Å². The van der Waals surface area contributed by atoms with Crippen LogP contribution < -0.4 is 16.4 Å². The van der Waals surface area contributed by atoms with Crippen LogP contribution >= 0.6 is 0 Å². The first-order valence-corrected chi connectivity index (χ1v) is 34.7. The van der Waals surface area contributed by atoms with E-state index in [1.807, 2.05) is 0 Å². The summed E-state index contributed by atoms with van der Waals surface area (Å²) in [6.07, 6.45) is 34.6. The number of nitrogens with one attached hydrogen (secondary N) is 2. The highest BCUT2D eigenvalue weighted by Gasteiger charge is 2.72. The molecule has 0 aromatic rings. The molecule has 15 aliphatic rings. The van der Waals surface area contributed by atoms with E-state index in [0.717, 1.165) is 36.9 Å². The number of aliphatic hydroxyl groups is 4. The second kappa shape index (κ2) is 24.5. The minimum absolute atomic E-state index is 0.0116. The van der Waals surface area contributed by atoms with E-state index in [1.165, 1.54) is 148 Å². The van der Waals surface area contributed by atoms with Crippen LogP contribution in [0.2, 0.25) is 0 Å². The maximum absolute atomic E-state index is 12.5. The van der Waals surface area contributed by atoms with Crippen molar-refractivity contribution in [3.63, 3.8) is 0 Å². The van der Waals surface area contributed by atoms with Gasteiger partial charge in [-0.25, -0.2) is 4.79 Å². The van der Waals surface area contributed by atoms with Gasteiger partial charge in [0.1, 0.15) is 18.3 Å². The largest absolute Gasteiger partial charge is 0.461 e. The highest BCUT2D eigenvalue weighted by Crippen LogP contribution is 2.78. The van der Waals surface area contributed by atoms with E-state index in [4.69, 9.17) is 49.5 Å². The Morgan fingerprint density at radius 3 is 1.09 bits per heavy atom. The fourth-order valence-corrected chi connectivity index (χ4v) is 19.2. The van der Waals surface area contributed by atoms with Crippen LogP contribution in [0.15, 0.2) is 12.2 Å². The average molecular weight is 1180 g/mol. The quantitative estimate of drug-likeness (QED) is 0.0469. The fourth-order valence-electron chi connectivity index (χ4n) is 19.2. The summed E-state index contributed by atoms with van der Waals surface area (Å²) in [5, 5.41) is 39.2. The molecular formula is C60H99N3O16S2. The number of nitrogens with two attached hydrogens (primary N) is 1. The molecule has 12 saturated carbocycles. The Balaban J connectivity index is 0.000000130. The van der Waals surface area contributed by atoms with Crippen molar-refractivity contribution in [2.75, 3.05) is 72.2 Å². The van der Waals surface area contributed by atoms with Gasteiger partial charge < -0.3 is 51.0 Å². The molecule has 15 rings (SSSR count). The molecule has 10 N–H and O–H groups in total. The molecule has 12 aliphatic carbocycles. The van der Waals surface area contributed by atoms with E-state index in [2.05, 4.69) is 17.2 Å². The number of carbonyl (C=O) groups is 3. The highest BCUT2D eigenvalue weighted by molar-refractivity contribution is 7.85. The number of aliphatic hydroxyl groups excluding tert-OH is 4. The third-order valence-corrected chi connectivity index (χ3v) is 23.7. The van der Waals surface area contributed by atoms with E-state index in [1.54, 1.807) is 0 Å². The molecule has 462 valence electrons. The van der Waals surface area contributed by atoms with Crippen LogP contribution in [-0.2, 0) is 48.8 Å². The van der Waals surface area contributed by atoms with Crippen molar-refractivity contribution < 1.29 is 75.0 Å². The summed E-state index contributed by atoms with van der Waals surface area (Å²) in [7, 11) is -6.33. The molecule has 0 aromatic heterocycles. The van der Waals surface area contributed by atoms with E-state index in [0.29, 0.717) is 113 Å². The minimum atomic E-state index is -3.67. The number of carbonyl (C=O) groups excluding carboxylic acids is 3. The van der Waals surface area contributed by atoms with Crippen LogP contribution in [0.5, 0.6) is 0 Å². The zero-order valence-corrected chi connectivity index (χ0v) is 50.2. The molecule has 3 saturated heterocycles. The van der Waals surface area contributed by atoms with Gasteiger partial charge >= 0.3 is 17.9 Å². The van der Waals surface area contributed by atoms with Crippen molar-refractivity contribution in [3.05, 3.63) is 12.2 Å². The molecule has 0 radical (unpaired) electrons. The summed E-state index contributed by atoms with van der Waals surface area (Å²) < 4.78 is 69.7. The number of hydrogen-bond donors (Lipinski definition) is 9. The maximum Gasteiger partial charge on any atom is 0.334 e. The van der Waals surface area contributed by atoms with Crippen molar-refractivity contribution in [3.8, 4) is 0 Å². The normalized spacial score (nSPS) is 38.5. The van der Waals surface area contributed by atoms with E-state index >= 15 is 0 Å². The number of esters is 3. The lowest BCUT2D eigenvalue weighted by Crippen LogP contribution is -2.37. The van der Waals surface area contributed by atoms with Crippen molar-refractivity contribution in [2.24, 2.45) is 103 Å². The van der Waals surface area contributed by atoms with Crippen LogP contribution in [-0.4, -0.2) is 155 Å². The first-order chi connectivity index (χ1) is 38.4. The summed E-state index contributed by atoms with van der Waals surface area (Å²) in [5.41, 5.74) is 9.10. The van der Waals surface area contributed by atoms with Crippen molar-refractivity contribution in [2.45, 2.75) is 172 Å². The molecule has 81 heavy (non-hydrogen) atoms. The average Bonchev–Trinajstić information content (AvgIpc) is 2.26. The highest BCUT2D eigenvalue weighted by atomic mass is 32.2. The Bertz CT molecular complexity index is 2350. The van der Waals surface area contributed by atoms with Crippen LogP contribution in [0.4, 0.5) is 0 Å². The van der Waals surface area contributed by atoms with Crippen molar-refractivity contribution in [1.29, 1.82) is 0 Å². The topological polar surface area (TPSA) is 319 Å². The monoisotopic (exact) mass is 1180 g/mol. The second-order valence-electron chi connectivity index (χ2n) is 28.0. The molecule has 0 amide bonds. The van der Waals surface area contributed by atoms with Gasteiger partial charge in [0.05, 0.1) is 44.2 Å². The molecule has 3 heterocycles. The number of ether oxygens (including phenoxy) is 3. The molecule has 14 atom stereocenters. The van der Waals surface area contributed by atoms with Gasteiger partial charge in [0.15, 0.2) is 0 Å². The summed E-state index contributed by atoms with van der Waals surface area (Å²) in [6, 6.07) is 0. The van der Waals surface area contributed by atoms with Gasteiger partial charge in [-0.05, 0) is 204 Å². The summed E-state index contributed by atoms with van der Waals surface area (Å²) in [6.45, 7) is 7.27. The Kier molecular flexibility index (Phi) is 19.1. The summed E-state index contributed by atoms with van der Waals surface area (Å²) in [5.74, 6) is 5.65. The van der Waals surface area contributed by atoms with Crippen LogP contribution in [0.25, 0.3) is 0 Å². The predicted octanol–water partition coefficient (Wildman–Crippen LogP) is 5.23. The zero-order chi connectivity index (χ0) is 58.6. The molecule has 0 bridgehead atoms. The summed E-state index contributed by atoms with van der Waals surface area (Å²) in [4.78, 5) is 37.0. The lowest BCUT2D eigenvalue weighted by Gasteiger charge is -2.33. The predicted molar refractivity (Wildman–Crippen MR) is 302 cm³/mol. The first kappa shape index (κ1) is 63.2. The molecule has 19 nitrogen and oxygen atoms in total. The van der Waals surface area contributed by atoms with Crippen LogP contribution in [0.3, 0.4) is 0 Å². The first-order valence-electron chi connectivity index (χ1n) is 31.0. The number of rotatable bonds is 9. The van der Waals surface area contributed by atoms with Crippen molar-refractivity contribution >= 4 is 38.1 Å². The van der Waals surface area contributed by atoms with E-state index < -0.39 is 20.2 Å². The Morgan fingerprint density at radius 2 is 0.790 bits per heavy atom. The van der Waals surface area contributed by atoms with Gasteiger partial charge in [-0.1, -0.05) is 6.58 Å². The molecule has 21 heteroatoms. The molecule has 6 spiro atoms. The third-order valence-electron chi connectivity index (χ3n) is 23.7. The third kappa shape index (κ3) is 13.3. The fraction of sp³-hybridized carbons (Fsp3) is 0.917. The summed E-state index contributed by atoms with van der Waals surface area (Å²) >= 11 is 0. The Morgan fingerprint density at radius 1 is 0.494 bits per heavy atom. The van der Waals surface area contributed by atoms with Gasteiger partial charge in [0.2, 0.25) is 0 Å². The smallest absolute Gasteiger partial charge is 0.334 e. The molecular weight excluding hydrogens is 1080 g/mol. The molecule has 0 unspecified atom stereocenters. The lowest BCUT2D eigenvalue weighted by molar-refractivity contribution is -0.148. The Hall–Kier alpha value is -2.31. The standard InChI is InChI=1S/2C19H29NO3.C17H22O2.C2H7NO.2CH4O3S.CH4O/c2*21-10-9-20-11-13-12-1-3-18(5-6-18)14-2-4-19(7-8-19)15(14)16(12)23-17(13)22;1-10-11-2-4-16(6-7-16)12-3-5-17(8-9-17)13(12)14(11)19-15(10)18;3-1-2-4;2*1-5(2,3)4;1-2/h2*12-16,20-21H,1-11H2;11-14H,1-9H2;4H,1-3H2;2*1H3,(H,2,3,4);2H,1H3/t2*12-,13-,14+,15-,16-;11-,12+,13-,14-;;;;/m000..../s1. The molecule has 0 aromatic carbocycles. The van der Waals surface area contributed by atoms with Gasteiger partial charge in [0.25, 0.3) is 20.2 Å². The second-order valence-corrected chi connectivity index (χ2v) is 30.9. The molecule has 3 aliphatic heterocycles. The van der Waals surface area contributed by atoms with Gasteiger partial charge in [0, 0.05) is 80.9 Å². The maximum atomic E-state index is 12.5. The van der Waals surface area contributed by atoms with Gasteiger partial charge in [-0.3, -0.25) is 18.7 Å². The van der Waals surface area contributed by atoms with Crippen LogP contribution in [0.1, 0.15) is 154 Å². The van der Waals surface area contributed by atoms with Crippen molar-refractivity contribution in [1.82, 2.24) is 10.6 Å². The van der Waals surface area contributed by atoms with E-state index in [-0.39, 0.29) is 67.9 Å². The SMILES string of the molecule is C=C1C(=O)O[C@@H]2[C@@H]3[C@@H](CCC34CC4)C3(CC[C@@H]12)CC3.CO.CS(=O)(=O)O.CS(=O)(=O)O.NCCO.O=C1O[C@H]2[C@@H](CCC3(CC3)[C@@H]3CCC4(CC4)[C@H]23)[C@@H]1CNCCO.O=C1O[C@H]2[C@@H](CCC3(CC3)[C@@H]3CCC4(CC4)[C@H]23)[C@@H]1CNCCO.